The summed E-state index contributed by atoms with van der Waals surface area (Å²) in [7, 11) is 1.55. The van der Waals surface area contributed by atoms with Crippen molar-refractivity contribution >= 4 is 10.9 Å². The summed E-state index contributed by atoms with van der Waals surface area (Å²) < 4.78 is 10.5. The number of aromatic nitrogens is 3. The van der Waals surface area contributed by atoms with Crippen LogP contribution in [0, 0.1) is 11.8 Å². The lowest BCUT2D eigenvalue weighted by Gasteiger charge is -2.37. The lowest BCUT2D eigenvalue weighted by Crippen LogP contribution is -2.58. The zero-order valence-corrected chi connectivity index (χ0v) is 16.1. The standard InChI is InChI=1S/C21H21N3O6/c1-29-17-5-3-12(8-22-17)13-6-11(18-14(7-13)9-23-24-18)2-4-15-19(26)21(28)20(27)16(10-25)30-15/h3,5-9,15-16,19-21,25-28H,10H2,1H3,(H,23,24)/t15?,16?,19?,20-,21?/m1/s1. The number of nitrogens with zero attached hydrogens (tertiary/aromatic N) is 2. The Bertz CT molecular complexity index is 1090. The number of fused-ring (bicyclic) bond motifs is 1. The molecule has 3 aromatic rings. The quantitative estimate of drug-likeness (QED) is 0.374. The Morgan fingerprint density at radius 2 is 1.93 bits per heavy atom. The average molecular weight is 411 g/mol. The van der Waals surface area contributed by atoms with E-state index in [4.69, 9.17) is 9.47 Å². The molecule has 0 saturated carbocycles. The van der Waals surface area contributed by atoms with E-state index >= 15 is 0 Å². The highest BCUT2D eigenvalue weighted by Gasteiger charge is 2.42. The van der Waals surface area contributed by atoms with Crippen LogP contribution in [0.15, 0.2) is 36.7 Å². The number of H-pyrrole nitrogens is 1. The smallest absolute Gasteiger partial charge is 0.212 e. The lowest BCUT2D eigenvalue weighted by atomic mass is 9.95. The minimum absolute atomic E-state index is 0.505. The molecule has 30 heavy (non-hydrogen) atoms. The van der Waals surface area contributed by atoms with Crippen LogP contribution in [0.1, 0.15) is 5.56 Å². The van der Waals surface area contributed by atoms with Crippen molar-refractivity contribution in [1.82, 2.24) is 15.2 Å². The van der Waals surface area contributed by atoms with Crippen molar-refractivity contribution in [2.75, 3.05) is 13.7 Å². The van der Waals surface area contributed by atoms with Gasteiger partial charge in [-0.15, -0.1) is 0 Å². The minimum atomic E-state index is -1.47. The average Bonchev–Trinajstić information content (AvgIpc) is 3.26. The predicted molar refractivity (Wildman–Crippen MR) is 107 cm³/mol. The number of rotatable bonds is 3. The van der Waals surface area contributed by atoms with Gasteiger partial charge in [-0.3, -0.25) is 5.10 Å². The van der Waals surface area contributed by atoms with E-state index in [1.807, 2.05) is 18.2 Å². The molecule has 0 amide bonds. The van der Waals surface area contributed by atoms with E-state index in [0.29, 0.717) is 17.0 Å². The van der Waals surface area contributed by atoms with Gasteiger partial charge in [0.15, 0.2) is 0 Å². The first-order chi connectivity index (χ1) is 14.5. The van der Waals surface area contributed by atoms with Gasteiger partial charge in [0.25, 0.3) is 0 Å². The SMILES string of the molecule is COc1ccc(-c2cc(C#CC3OC(CO)[C@@H](O)C(O)C3O)c3[nH]ncc3c2)cn1. The normalized spacial score (nSPS) is 26.2. The van der Waals surface area contributed by atoms with Crippen molar-refractivity contribution in [2.24, 2.45) is 0 Å². The van der Waals surface area contributed by atoms with E-state index in [9.17, 15) is 20.4 Å². The van der Waals surface area contributed by atoms with Gasteiger partial charge in [0, 0.05) is 23.2 Å². The fourth-order valence-corrected chi connectivity index (χ4v) is 3.36. The Morgan fingerprint density at radius 1 is 1.10 bits per heavy atom. The maximum Gasteiger partial charge on any atom is 0.212 e. The highest BCUT2D eigenvalue weighted by Crippen LogP contribution is 2.27. The third-order valence-corrected chi connectivity index (χ3v) is 5.07. The topological polar surface area (TPSA) is 141 Å². The van der Waals surface area contributed by atoms with Crippen LogP contribution in [0.3, 0.4) is 0 Å². The maximum absolute atomic E-state index is 10.2. The lowest BCUT2D eigenvalue weighted by molar-refractivity contribution is -0.214. The van der Waals surface area contributed by atoms with Crippen LogP contribution >= 0.6 is 0 Å². The number of aliphatic hydroxyl groups excluding tert-OH is 4. The van der Waals surface area contributed by atoms with Crippen LogP contribution in [-0.2, 0) is 4.74 Å². The Balaban J connectivity index is 1.70. The molecule has 1 aliphatic rings. The van der Waals surface area contributed by atoms with Gasteiger partial charge in [-0.1, -0.05) is 11.8 Å². The van der Waals surface area contributed by atoms with Gasteiger partial charge >= 0.3 is 0 Å². The molecular weight excluding hydrogens is 390 g/mol. The Kier molecular flexibility index (Phi) is 5.67. The fraction of sp³-hybridized carbons (Fsp3) is 0.333. The van der Waals surface area contributed by atoms with Gasteiger partial charge in [0.1, 0.15) is 30.5 Å². The summed E-state index contributed by atoms with van der Waals surface area (Å²) in [5.74, 6) is 6.26. The number of methoxy groups -OCH3 is 1. The van der Waals surface area contributed by atoms with Crippen molar-refractivity contribution in [3.63, 3.8) is 0 Å². The Labute approximate surface area is 171 Å². The summed E-state index contributed by atoms with van der Waals surface area (Å²) in [6.07, 6.45) is -3.03. The molecule has 0 radical (unpaired) electrons. The molecule has 1 fully saturated rings. The van der Waals surface area contributed by atoms with Crippen LogP contribution in [0.5, 0.6) is 5.88 Å². The van der Waals surface area contributed by atoms with E-state index in [-0.39, 0.29) is 0 Å². The molecule has 0 spiro atoms. The predicted octanol–water partition coefficient (Wildman–Crippen LogP) is -0.173. The van der Waals surface area contributed by atoms with E-state index in [0.717, 1.165) is 16.5 Å². The number of benzene rings is 1. The molecule has 1 aliphatic heterocycles. The number of hydrogen-bond donors (Lipinski definition) is 5. The molecule has 9 nitrogen and oxygen atoms in total. The van der Waals surface area contributed by atoms with Crippen molar-refractivity contribution < 1.29 is 29.9 Å². The molecule has 3 heterocycles. The minimum Gasteiger partial charge on any atom is -0.481 e. The summed E-state index contributed by atoms with van der Waals surface area (Å²) in [5.41, 5.74) is 3.03. The van der Waals surface area contributed by atoms with Crippen LogP contribution < -0.4 is 4.74 Å². The fourth-order valence-electron chi connectivity index (χ4n) is 3.36. The van der Waals surface area contributed by atoms with E-state index in [2.05, 4.69) is 27.0 Å². The number of aromatic amines is 1. The van der Waals surface area contributed by atoms with Gasteiger partial charge < -0.3 is 29.9 Å². The van der Waals surface area contributed by atoms with Gasteiger partial charge in [-0.2, -0.15) is 5.10 Å². The van der Waals surface area contributed by atoms with E-state index in [1.54, 1.807) is 25.6 Å². The molecule has 1 saturated heterocycles. The molecular formula is C21H21N3O6. The highest BCUT2D eigenvalue weighted by molar-refractivity contribution is 5.89. The van der Waals surface area contributed by atoms with Gasteiger partial charge in [0.2, 0.25) is 5.88 Å². The van der Waals surface area contributed by atoms with Crippen LogP contribution in [0.4, 0.5) is 0 Å². The zero-order valence-electron chi connectivity index (χ0n) is 16.1. The van der Waals surface area contributed by atoms with Crippen LogP contribution in [-0.4, -0.2) is 79.8 Å². The second-order valence-corrected chi connectivity index (χ2v) is 6.97. The molecule has 0 bridgehead atoms. The molecule has 5 N–H and O–H groups in total. The largest absolute Gasteiger partial charge is 0.481 e. The van der Waals surface area contributed by atoms with Gasteiger partial charge in [-0.25, -0.2) is 4.98 Å². The number of hydrogen-bond acceptors (Lipinski definition) is 8. The van der Waals surface area contributed by atoms with Crippen molar-refractivity contribution in [3.05, 3.63) is 42.2 Å². The highest BCUT2D eigenvalue weighted by atomic mass is 16.5. The molecule has 2 aromatic heterocycles. The number of aliphatic hydroxyl groups is 4. The third-order valence-electron chi connectivity index (χ3n) is 5.07. The number of pyridine rings is 1. The first-order valence-corrected chi connectivity index (χ1v) is 9.31. The van der Waals surface area contributed by atoms with Gasteiger partial charge in [0.05, 0.1) is 31.0 Å². The number of ether oxygens (including phenoxy) is 2. The number of nitrogens with one attached hydrogen (secondary N) is 1. The Hall–Kier alpha value is -3.00. The molecule has 4 unspecified atom stereocenters. The summed E-state index contributed by atoms with van der Waals surface area (Å²) >= 11 is 0. The molecule has 0 aliphatic carbocycles. The summed E-state index contributed by atoms with van der Waals surface area (Å²) in [6.45, 7) is -0.506. The third kappa shape index (κ3) is 3.75. The summed E-state index contributed by atoms with van der Waals surface area (Å²) in [6, 6.07) is 7.43. The van der Waals surface area contributed by atoms with Crippen molar-refractivity contribution in [2.45, 2.75) is 30.5 Å². The monoisotopic (exact) mass is 411 g/mol. The molecule has 156 valence electrons. The Morgan fingerprint density at radius 3 is 2.63 bits per heavy atom. The van der Waals surface area contributed by atoms with Crippen molar-refractivity contribution in [1.29, 1.82) is 0 Å². The van der Waals surface area contributed by atoms with E-state index < -0.39 is 37.1 Å². The maximum atomic E-state index is 10.2. The second-order valence-electron chi connectivity index (χ2n) is 6.97. The van der Waals surface area contributed by atoms with E-state index in [1.165, 1.54) is 0 Å². The summed E-state index contributed by atoms with van der Waals surface area (Å²) in [5, 5.41) is 47.2. The first-order valence-electron chi connectivity index (χ1n) is 9.31. The van der Waals surface area contributed by atoms with Crippen LogP contribution in [0.25, 0.3) is 22.0 Å². The molecule has 4 rings (SSSR count). The first kappa shape index (κ1) is 20.3. The molecule has 1 aromatic carbocycles. The molecule has 5 atom stereocenters. The summed E-state index contributed by atoms with van der Waals surface area (Å²) in [4.78, 5) is 4.22. The van der Waals surface area contributed by atoms with Crippen molar-refractivity contribution in [3.8, 4) is 28.8 Å². The molecule has 9 heteroatoms. The van der Waals surface area contributed by atoms with Crippen LogP contribution in [0.2, 0.25) is 0 Å². The van der Waals surface area contributed by atoms with Gasteiger partial charge in [-0.05, 0) is 23.8 Å². The zero-order chi connectivity index (χ0) is 21.3. The second kappa shape index (κ2) is 8.39.